The summed E-state index contributed by atoms with van der Waals surface area (Å²) in [4.78, 5) is 14.1. The molecule has 1 fully saturated rings. The van der Waals surface area contributed by atoms with Gasteiger partial charge in [0.25, 0.3) is 0 Å². The molecule has 0 aromatic heterocycles. The minimum Gasteiger partial charge on any atom is -0.345 e. The first kappa shape index (κ1) is 14.5. The number of rotatable bonds is 5. The van der Waals surface area contributed by atoms with Gasteiger partial charge in [0.2, 0.25) is 5.91 Å². The average Bonchev–Trinajstić information content (AvgIpc) is 2.30. The molecule has 0 spiro atoms. The zero-order chi connectivity index (χ0) is 12.8. The highest BCUT2D eigenvalue weighted by Gasteiger charge is 2.25. The lowest BCUT2D eigenvalue weighted by Crippen LogP contribution is -2.41. The van der Waals surface area contributed by atoms with E-state index < -0.39 is 0 Å². The van der Waals surface area contributed by atoms with Crippen LogP contribution in [0, 0.1) is 17.8 Å². The van der Waals surface area contributed by atoms with Crippen molar-refractivity contribution in [2.75, 3.05) is 20.1 Å². The first-order valence-corrected chi connectivity index (χ1v) is 7.01. The lowest BCUT2D eigenvalue weighted by molar-refractivity contribution is -0.136. The van der Waals surface area contributed by atoms with Crippen molar-refractivity contribution < 1.29 is 4.79 Å². The van der Waals surface area contributed by atoms with E-state index in [1.165, 1.54) is 32.1 Å². The van der Waals surface area contributed by atoms with Crippen LogP contribution in [0.2, 0.25) is 0 Å². The van der Waals surface area contributed by atoms with Crippen molar-refractivity contribution in [1.82, 2.24) is 4.90 Å². The highest BCUT2D eigenvalue weighted by atomic mass is 16.2. The predicted octanol–water partition coefficient (Wildman–Crippen LogP) is 2.26. The summed E-state index contributed by atoms with van der Waals surface area (Å²) in [5, 5.41) is 0. The zero-order valence-corrected chi connectivity index (χ0v) is 11.6. The van der Waals surface area contributed by atoms with Gasteiger partial charge in [-0.15, -0.1) is 0 Å². The van der Waals surface area contributed by atoms with E-state index >= 15 is 0 Å². The molecule has 0 bridgehead atoms. The summed E-state index contributed by atoms with van der Waals surface area (Å²) >= 11 is 0. The van der Waals surface area contributed by atoms with Gasteiger partial charge in [-0.05, 0) is 24.7 Å². The van der Waals surface area contributed by atoms with E-state index in [2.05, 4.69) is 13.8 Å². The topological polar surface area (TPSA) is 46.3 Å². The molecule has 1 rings (SSSR count). The highest BCUT2D eigenvalue weighted by molar-refractivity contribution is 5.79. The number of hydrogen-bond donors (Lipinski definition) is 1. The third-order valence-corrected chi connectivity index (χ3v) is 4.01. The van der Waals surface area contributed by atoms with Gasteiger partial charge in [-0.25, -0.2) is 0 Å². The maximum Gasteiger partial charge on any atom is 0.226 e. The Bertz CT molecular complexity index is 234. The Hall–Kier alpha value is -0.570. The molecule has 0 aliphatic heterocycles. The molecule has 0 saturated heterocycles. The van der Waals surface area contributed by atoms with Crippen LogP contribution in [0.25, 0.3) is 0 Å². The highest BCUT2D eigenvalue weighted by Crippen LogP contribution is 2.24. The Morgan fingerprint density at radius 2 is 1.88 bits per heavy atom. The second-order valence-corrected chi connectivity index (χ2v) is 5.81. The van der Waals surface area contributed by atoms with E-state index in [0.29, 0.717) is 18.4 Å². The lowest BCUT2D eigenvalue weighted by Gasteiger charge is -2.30. The largest absolute Gasteiger partial charge is 0.345 e. The minimum absolute atomic E-state index is 0.0106. The van der Waals surface area contributed by atoms with E-state index in [1.54, 1.807) is 0 Å². The molecule has 1 amide bonds. The van der Waals surface area contributed by atoms with Crippen molar-refractivity contribution >= 4 is 5.91 Å². The Morgan fingerprint density at radius 1 is 1.29 bits per heavy atom. The molecule has 100 valence electrons. The van der Waals surface area contributed by atoms with E-state index in [9.17, 15) is 4.79 Å². The van der Waals surface area contributed by atoms with Crippen LogP contribution in [-0.4, -0.2) is 30.9 Å². The van der Waals surface area contributed by atoms with Crippen molar-refractivity contribution in [3.05, 3.63) is 0 Å². The molecule has 1 unspecified atom stereocenters. The van der Waals surface area contributed by atoms with Crippen LogP contribution in [0.3, 0.4) is 0 Å². The number of amides is 1. The third kappa shape index (κ3) is 4.30. The molecule has 0 heterocycles. The van der Waals surface area contributed by atoms with Crippen LogP contribution >= 0.6 is 0 Å². The molecular formula is C14H28N2O. The fourth-order valence-corrected chi connectivity index (χ4v) is 2.79. The van der Waals surface area contributed by atoms with Crippen LogP contribution in [0.4, 0.5) is 0 Å². The molecule has 3 heteroatoms. The van der Waals surface area contributed by atoms with Gasteiger partial charge in [0.1, 0.15) is 0 Å². The third-order valence-electron chi connectivity index (χ3n) is 4.01. The SMILES string of the molecule is CC(C)C(CN)C(=O)N(C)CC1CCCCC1. The standard InChI is InChI=1S/C14H28N2O/c1-11(2)13(9-15)14(17)16(3)10-12-7-5-4-6-8-12/h11-13H,4-10,15H2,1-3H3. The molecule has 1 atom stereocenters. The molecule has 1 saturated carbocycles. The first-order chi connectivity index (χ1) is 8.06. The Labute approximate surface area is 106 Å². The summed E-state index contributed by atoms with van der Waals surface area (Å²) < 4.78 is 0. The predicted molar refractivity (Wildman–Crippen MR) is 71.6 cm³/mol. The van der Waals surface area contributed by atoms with Crippen molar-refractivity contribution in [3.8, 4) is 0 Å². The summed E-state index contributed by atoms with van der Waals surface area (Å²) in [5.41, 5.74) is 5.70. The van der Waals surface area contributed by atoms with Gasteiger partial charge in [0.15, 0.2) is 0 Å². The van der Waals surface area contributed by atoms with Crippen LogP contribution < -0.4 is 5.73 Å². The van der Waals surface area contributed by atoms with Crippen LogP contribution in [0.15, 0.2) is 0 Å². The van der Waals surface area contributed by atoms with Gasteiger partial charge in [0, 0.05) is 20.1 Å². The van der Waals surface area contributed by atoms with Gasteiger partial charge < -0.3 is 10.6 Å². The van der Waals surface area contributed by atoms with Gasteiger partial charge >= 0.3 is 0 Å². The van der Waals surface area contributed by atoms with Gasteiger partial charge in [-0.2, -0.15) is 0 Å². The van der Waals surface area contributed by atoms with Crippen molar-refractivity contribution in [2.24, 2.45) is 23.5 Å². The molecule has 3 nitrogen and oxygen atoms in total. The molecule has 1 aliphatic carbocycles. The monoisotopic (exact) mass is 240 g/mol. The summed E-state index contributed by atoms with van der Waals surface area (Å²) in [6, 6.07) is 0. The van der Waals surface area contributed by atoms with Gasteiger partial charge in [-0.3, -0.25) is 4.79 Å². The van der Waals surface area contributed by atoms with Gasteiger partial charge in [-0.1, -0.05) is 33.1 Å². The zero-order valence-electron chi connectivity index (χ0n) is 11.6. The smallest absolute Gasteiger partial charge is 0.226 e. The lowest BCUT2D eigenvalue weighted by atomic mass is 9.88. The normalized spacial score (nSPS) is 19.4. The van der Waals surface area contributed by atoms with E-state index in [4.69, 9.17) is 5.73 Å². The molecular weight excluding hydrogens is 212 g/mol. The fourth-order valence-electron chi connectivity index (χ4n) is 2.79. The Kier molecular flexibility index (Phi) is 5.96. The van der Waals surface area contributed by atoms with Crippen molar-refractivity contribution in [3.63, 3.8) is 0 Å². The van der Waals surface area contributed by atoms with Crippen LogP contribution in [0.1, 0.15) is 46.0 Å². The maximum absolute atomic E-state index is 12.2. The van der Waals surface area contributed by atoms with Crippen LogP contribution in [0.5, 0.6) is 0 Å². The number of carbonyl (C=O) groups excluding carboxylic acids is 1. The second kappa shape index (κ2) is 7.00. The number of nitrogens with zero attached hydrogens (tertiary/aromatic N) is 1. The summed E-state index contributed by atoms with van der Waals surface area (Å²) in [6.45, 7) is 5.53. The number of hydrogen-bond acceptors (Lipinski definition) is 2. The van der Waals surface area contributed by atoms with E-state index in [0.717, 1.165) is 6.54 Å². The maximum atomic E-state index is 12.2. The van der Waals surface area contributed by atoms with Crippen molar-refractivity contribution in [1.29, 1.82) is 0 Å². The number of nitrogens with two attached hydrogens (primary N) is 1. The molecule has 17 heavy (non-hydrogen) atoms. The Morgan fingerprint density at radius 3 is 2.35 bits per heavy atom. The molecule has 0 aromatic rings. The second-order valence-electron chi connectivity index (χ2n) is 5.81. The molecule has 0 aromatic carbocycles. The average molecular weight is 240 g/mol. The minimum atomic E-state index is -0.0106. The first-order valence-electron chi connectivity index (χ1n) is 7.01. The van der Waals surface area contributed by atoms with Crippen molar-refractivity contribution in [2.45, 2.75) is 46.0 Å². The summed E-state index contributed by atoms with van der Waals surface area (Å²) in [6.07, 6.45) is 6.60. The van der Waals surface area contributed by atoms with Crippen LogP contribution in [-0.2, 0) is 4.79 Å². The number of carbonyl (C=O) groups is 1. The summed E-state index contributed by atoms with van der Waals surface area (Å²) in [5.74, 6) is 1.27. The molecule has 1 aliphatic rings. The summed E-state index contributed by atoms with van der Waals surface area (Å²) in [7, 11) is 1.93. The van der Waals surface area contributed by atoms with Gasteiger partial charge in [0.05, 0.1) is 5.92 Å². The van der Waals surface area contributed by atoms with E-state index in [1.807, 2.05) is 11.9 Å². The quantitative estimate of drug-likeness (QED) is 0.801. The molecule has 0 radical (unpaired) electrons. The fraction of sp³-hybridized carbons (Fsp3) is 0.929. The molecule has 2 N–H and O–H groups in total. The Balaban J connectivity index is 2.44. The van der Waals surface area contributed by atoms with E-state index in [-0.39, 0.29) is 11.8 Å².